The molecule has 0 aliphatic carbocycles. The van der Waals surface area contributed by atoms with Crippen molar-refractivity contribution in [2.45, 2.75) is 13.8 Å². The van der Waals surface area contributed by atoms with Gasteiger partial charge < -0.3 is 0 Å². The van der Waals surface area contributed by atoms with Crippen LogP contribution in [0.25, 0.3) is 0 Å². The molecule has 0 saturated carbocycles. The van der Waals surface area contributed by atoms with Crippen LogP contribution in [-0.2, 0) is 0 Å². The van der Waals surface area contributed by atoms with Gasteiger partial charge in [0.1, 0.15) is 18.0 Å². The van der Waals surface area contributed by atoms with Gasteiger partial charge >= 0.3 is 0 Å². The predicted octanol–water partition coefficient (Wildman–Crippen LogP) is 8.71. The third-order valence-corrected chi connectivity index (χ3v) is 4.96. The van der Waals surface area contributed by atoms with Gasteiger partial charge in [-0.25, -0.2) is 0 Å². The molecule has 0 aliphatic rings. The lowest BCUT2D eigenvalue weighted by Crippen LogP contribution is -1.75. The highest BCUT2D eigenvalue weighted by atomic mass is 14.9. The van der Waals surface area contributed by atoms with Gasteiger partial charge in [-0.1, -0.05) is 48.5 Å². The molecule has 0 unspecified atom stereocenters. The molecule has 0 fully saturated rings. The molecular formula is C29H22N6. The van der Waals surface area contributed by atoms with E-state index in [1.54, 1.807) is 0 Å². The van der Waals surface area contributed by atoms with Crippen LogP contribution >= 0.6 is 0 Å². The summed E-state index contributed by atoms with van der Waals surface area (Å²) in [6, 6.07) is 38.7. The highest BCUT2D eigenvalue weighted by Crippen LogP contribution is 2.26. The van der Waals surface area contributed by atoms with Crippen LogP contribution in [0, 0.1) is 13.8 Å². The minimum Gasteiger partial charge on any atom is -0.188 e. The zero-order chi connectivity index (χ0) is 24.3. The van der Waals surface area contributed by atoms with Gasteiger partial charge in [-0.3, -0.25) is 0 Å². The molecule has 6 nitrogen and oxygen atoms in total. The zero-order valence-corrected chi connectivity index (χ0v) is 19.4. The zero-order valence-electron chi connectivity index (χ0n) is 19.4. The summed E-state index contributed by atoms with van der Waals surface area (Å²) in [5, 5.41) is 0. The Morgan fingerprint density at radius 3 is 1.20 bits per heavy atom. The highest BCUT2D eigenvalue weighted by molar-refractivity contribution is 5.67. The Morgan fingerprint density at radius 1 is 0.400 bits per heavy atom. The fraction of sp³-hybridized carbons (Fsp3) is 0.0690. The average Bonchev–Trinajstić information content (AvgIpc) is 2.89. The Labute approximate surface area is 204 Å². The van der Waals surface area contributed by atoms with E-state index in [9.17, 15) is 0 Å². The third-order valence-electron chi connectivity index (χ3n) is 4.96. The molecule has 6 heteroatoms. The van der Waals surface area contributed by atoms with Crippen molar-refractivity contribution in [1.82, 2.24) is 0 Å². The molecule has 0 aliphatic heterocycles. The van der Waals surface area contributed by atoms with E-state index in [0.717, 1.165) is 33.9 Å². The summed E-state index contributed by atoms with van der Waals surface area (Å²) in [6.45, 7) is 3.94. The Hall–Kier alpha value is -4.98. The van der Waals surface area contributed by atoms with Crippen molar-refractivity contribution in [3.63, 3.8) is 0 Å². The molecule has 4 aromatic rings. The molecule has 168 valence electrons. The summed E-state index contributed by atoms with van der Waals surface area (Å²) in [6.07, 6.45) is 0. The topological polar surface area (TPSA) is 74.2 Å². The Bertz CT molecular complexity index is 1390. The molecule has 0 heterocycles. The molecule has 0 radical (unpaired) electrons. The van der Waals surface area contributed by atoms with E-state index >= 15 is 0 Å². The number of para-hydroxylation sites is 2. The first-order chi connectivity index (χ1) is 17.2. The van der Waals surface area contributed by atoms with E-state index in [0.29, 0.717) is 11.4 Å². The van der Waals surface area contributed by atoms with Gasteiger partial charge in [0.15, 0.2) is 0 Å². The summed E-state index contributed by atoms with van der Waals surface area (Å²) in [5.74, 6) is 0. The number of hydrogen-bond donors (Lipinski definition) is 0. The molecule has 0 atom stereocenters. The Morgan fingerprint density at radius 2 is 0.771 bits per heavy atom. The van der Waals surface area contributed by atoms with Crippen molar-refractivity contribution in [3.8, 4) is 0 Å². The van der Waals surface area contributed by atoms with E-state index in [1.807, 2.05) is 111 Å². The van der Waals surface area contributed by atoms with E-state index in [-0.39, 0.29) is 0 Å². The van der Waals surface area contributed by atoms with E-state index in [4.69, 9.17) is 0 Å². The lowest BCUT2D eigenvalue weighted by Gasteiger charge is -1.99. The molecule has 4 aromatic carbocycles. The van der Waals surface area contributed by atoms with Crippen LogP contribution in [0.15, 0.2) is 127 Å². The number of aliphatic imine (C=N–C) groups is 6. The van der Waals surface area contributed by atoms with Crippen molar-refractivity contribution in [3.05, 3.63) is 108 Å². The van der Waals surface area contributed by atoms with Crippen molar-refractivity contribution in [1.29, 1.82) is 0 Å². The monoisotopic (exact) mass is 454 g/mol. The van der Waals surface area contributed by atoms with Crippen molar-refractivity contribution in [2.24, 2.45) is 30.0 Å². The van der Waals surface area contributed by atoms with Crippen molar-refractivity contribution >= 4 is 52.1 Å². The minimum atomic E-state index is 0.681. The summed E-state index contributed by atoms with van der Waals surface area (Å²) in [7, 11) is 0. The van der Waals surface area contributed by atoms with E-state index < -0.39 is 0 Å². The van der Waals surface area contributed by atoms with E-state index in [1.165, 1.54) is 0 Å². The summed E-state index contributed by atoms with van der Waals surface area (Å²) < 4.78 is 0. The fourth-order valence-corrected chi connectivity index (χ4v) is 2.99. The number of benzene rings is 4. The molecule has 0 bridgehead atoms. The Kier molecular flexibility index (Phi) is 7.79. The third kappa shape index (κ3) is 7.00. The Balaban J connectivity index is 1.51. The first-order valence-electron chi connectivity index (χ1n) is 11.0. The van der Waals surface area contributed by atoms with Crippen LogP contribution in [0.1, 0.15) is 11.1 Å². The SMILES string of the molecule is Cc1ccc(N=C=Nc2ccc(C)c(N=C=Nc3ccccc3)c2)cc1N=C=Nc1ccccc1. The maximum atomic E-state index is 4.34. The number of hydrogen-bond acceptors (Lipinski definition) is 6. The second kappa shape index (κ2) is 11.8. The molecule has 0 spiro atoms. The van der Waals surface area contributed by atoms with Crippen LogP contribution in [0.2, 0.25) is 0 Å². The molecule has 4 rings (SSSR count). The number of nitrogens with zero attached hydrogens (tertiary/aromatic N) is 6. The van der Waals surface area contributed by atoms with Gasteiger partial charge in [0.25, 0.3) is 0 Å². The standard InChI is InChI=1S/C29H22N6/c1-22-13-15-26(17-28(22)34-20-30-24-9-5-3-6-10-24)32-19-33-27-16-14-23(2)29(18-27)35-21-31-25-11-7-4-8-12-25/h3-18H,1-2H3. The largest absolute Gasteiger partial charge is 0.188 e. The lowest BCUT2D eigenvalue weighted by atomic mass is 10.2. The highest BCUT2D eigenvalue weighted by Gasteiger charge is 1.99. The van der Waals surface area contributed by atoms with E-state index in [2.05, 4.69) is 48.0 Å². The van der Waals surface area contributed by atoms with Gasteiger partial charge in [-0.05, 0) is 73.5 Å². The second-order valence-corrected chi connectivity index (χ2v) is 7.58. The lowest BCUT2D eigenvalue weighted by molar-refractivity contribution is 1.37. The minimum absolute atomic E-state index is 0.681. The fourth-order valence-electron chi connectivity index (χ4n) is 2.99. The number of rotatable bonds is 6. The van der Waals surface area contributed by atoms with Gasteiger partial charge in [0.05, 0.1) is 34.1 Å². The van der Waals surface area contributed by atoms with Crippen LogP contribution in [0.3, 0.4) is 0 Å². The first-order valence-corrected chi connectivity index (χ1v) is 11.0. The molecule has 0 N–H and O–H groups in total. The second-order valence-electron chi connectivity index (χ2n) is 7.58. The first kappa shape index (κ1) is 23.2. The van der Waals surface area contributed by atoms with Crippen molar-refractivity contribution in [2.75, 3.05) is 0 Å². The summed E-state index contributed by atoms with van der Waals surface area (Å²) in [5.41, 5.74) is 6.41. The molecular weight excluding hydrogens is 432 g/mol. The van der Waals surface area contributed by atoms with Gasteiger partial charge in [-0.2, -0.15) is 30.0 Å². The summed E-state index contributed by atoms with van der Waals surface area (Å²) in [4.78, 5) is 25.8. The number of aryl methyl sites for hydroxylation is 2. The molecule has 0 saturated heterocycles. The maximum Gasteiger partial charge on any atom is 0.100 e. The van der Waals surface area contributed by atoms with Crippen LogP contribution in [0.5, 0.6) is 0 Å². The normalized spacial score (nSPS) is 9.66. The summed E-state index contributed by atoms with van der Waals surface area (Å²) >= 11 is 0. The average molecular weight is 455 g/mol. The molecule has 0 aromatic heterocycles. The van der Waals surface area contributed by atoms with Crippen LogP contribution < -0.4 is 0 Å². The van der Waals surface area contributed by atoms with Crippen molar-refractivity contribution < 1.29 is 0 Å². The molecule has 35 heavy (non-hydrogen) atoms. The smallest absolute Gasteiger partial charge is 0.100 e. The van der Waals surface area contributed by atoms with Gasteiger partial charge in [0, 0.05) is 0 Å². The van der Waals surface area contributed by atoms with Gasteiger partial charge in [-0.15, -0.1) is 0 Å². The maximum absolute atomic E-state index is 4.34. The van der Waals surface area contributed by atoms with Crippen LogP contribution in [0.4, 0.5) is 34.1 Å². The quantitative estimate of drug-likeness (QED) is 0.261. The predicted molar refractivity (Wildman–Crippen MR) is 143 cm³/mol. The van der Waals surface area contributed by atoms with Gasteiger partial charge in [0.2, 0.25) is 0 Å². The molecule has 0 amide bonds. The van der Waals surface area contributed by atoms with Crippen LogP contribution in [-0.4, -0.2) is 18.0 Å².